The first-order valence-corrected chi connectivity index (χ1v) is 8.21. The number of ether oxygens (including phenoxy) is 1. The fourth-order valence-electron chi connectivity index (χ4n) is 1.94. The standard InChI is InChI=1S/C17H11BrCl2N2O2/c1-24-16-10(7-13(20)8-15(16)18)6-11(9-21)17(23)22-14-4-2-12(19)3-5-14/h2-8H,1H3,(H,22,23)/b11-6+. The molecule has 2 aromatic rings. The van der Waals surface area contributed by atoms with Crippen LogP contribution in [0.5, 0.6) is 5.75 Å². The van der Waals surface area contributed by atoms with Gasteiger partial charge in [-0.25, -0.2) is 0 Å². The summed E-state index contributed by atoms with van der Waals surface area (Å²) in [7, 11) is 1.49. The lowest BCUT2D eigenvalue weighted by Crippen LogP contribution is -2.13. The van der Waals surface area contributed by atoms with Gasteiger partial charge in [0, 0.05) is 21.3 Å². The zero-order valence-corrected chi connectivity index (χ0v) is 15.5. The van der Waals surface area contributed by atoms with Crippen molar-refractivity contribution in [3.63, 3.8) is 0 Å². The fourth-order valence-corrected chi connectivity index (χ4v) is 3.06. The number of carbonyl (C=O) groups is 1. The van der Waals surface area contributed by atoms with E-state index >= 15 is 0 Å². The number of benzene rings is 2. The van der Waals surface area contributed by atoms with Crippen molar-refractivity contribution in [1.82, 2.24) is 0 Å². The Bertz CT molecular complexity index is 843. The highest BCUT2D eigenvalue weighted by Gasteiger charge is 2.13. The summed E-state index contributed by atoms with van der Waals surface area (Å²) in [6.07, 6.45) is 1.42. The van der Waals surface area contributed by atoms with Crippen molar-refractivity contribution in [2.75, 3.05) is 12.4 Å². The molecule has 0 aliphatic rings. The molecule has 0 spiro atoms. The van der Waals surface area contributed by atoms with Gasteiger partial charge in [-0.15, -0.1) is 0 Å². The van der Waals surface area contributed by atoms with Crippen LogP contribution < -0.4 is 10.1 Å². The Labute approximate surface area is 157 Å². The minimum Gasteiger partial charge on any atom is -0.495 e. The molecule has 0 atom stereocenters. The van der Waals surface area contributed by atoms with E-state index in [2.05, 4.69) is 21.2 Å². The van der Waals surface area contributed by atoms with Crippen molar-refractivity contribution >= 4 is 56.8 Å². The summed E-state index contributed by atoms with van der Waals surface area (Å²) in [5.41, 5.74) is 0.960. The summed E-state index contributed by atoms with van der Waals surface area (Å²) >= 11 is 15.2. The number of methoxy groups -OCH3 is 1. The predicted molar refractivity (Wildman–Crippen MR) is 99.4 cm³/mol. The van der Waals surface area contributed by atoms with Crippen LogP contribution >= 0.6 is 39.1 Å². The lowest BCUT2D eigenvalue weighted by Gasteiger charge is -2.09. The molecule has 0 fully saturated rings. The van der Waals surface area contributed by atoms with E-state index in [9.17, 15) is 10.1 Å². The van der Waals surface area contributed by atoms with E-state index in [1.54, 1.807) is 36.4 Å². The van der Waals surface area contributed by atoms with E-state index in [0.717, 1.165) is 0 Å². The molecule has 122 valence electrons. The third-order valence-corrected chi connectivity index (χ3v) is 4.07. The molecule has 0 aliphatic heterocycles. The summed E-state index contributed by atoms with van der Waals surface area (Å²) < 4.78 is 5.91. The minimum absolute atomic E-state index is 0.0857. The minimum atomic E-state index is -0.544. The Morgan fingerprint density at radius 1 is 1.25 bits per heavy atom. The molecule has 0 aliphatic carbocycles. The maximum Gasteiger partial charge on any atom is 0.266 e. The summed E-state index contributed by atoms with van der Waals surface area (Å²) in [6, 6.07) is 11.7. The van der Waals surface area contributed by atoms with E-state index in [4.69, 9.17) is 27.9 Å². The van der Waals surface area contributed by atoms with Crippen molar-refractivity contribution in [2.45, 2.75) is 0 Å². The molecule has 0 aromatic heterocycles. The molecule has 1 amide bonds. The van der Waals surface area contributed by atoms with E-state index in [1.807, 2.05) is 6.07 Å². The molecule has 2 aromatic carbocycles. The van der Waals surface area contributed by atoms with E-state index in [0.29, 0.717) is 31.5 Å². The van der Waals surface area contributed by atoms with Crippen LogP contribution in [0, 0.1) is 11.3 Å². The van der Waals surface area contributed by atoms with Gasteiger partial charge >= 0.3 is 0 Å². The van der Waals surface area contributed by atoms with Crippen LogP contribution in [0.4, 0.5) is 5.69 Å². The third kappa shape index (κ3) is 4.51. The van der Waals surface area contributed by atoms with Gasteiger partial charge in [-0.2, -0.15) is 5.26 Å². The van der Waals surface area contributed by atoms with Crippen LogP contribution in [-0.4, -0.2) is 13.0 Å². The lowest BCUT2D eigenvalue weighted by molar-refractivity contribution is -0.112. The Kier molecular flexibility index (Phi) is 6.27. The van der Waals surface area contributed by atoms with Gasteiger partial charge in [0.1, 0.15) is 17.4 Å². The number of hydrogen-bond acceptors (Lipinski definition) is 3. The van der Waals surface area contributed by atoms with Gasteiger partial charge in [0.05, 0.1) is 11.6 Å². The van der Waals surface area contributed by atoms with Gasteiger partial charge in [-0.1, -0.05) is 23.2 Å². The van der Waals surface area contributed by atoms with Gasteiger partial charge in [0.2, 0.25) is 0 Å². The van der Waals surface area contributed by atoms with Crippen molar-refractivity contribution in [3.05, 3.63) is 62.1 Å². The molecule has 0 saturated heterocycles. The molecule has 7 heteroatoms. The normalized spacial score (nSPS) is 10.9. The van der Waals surface area contributed by atoms with E-state index in [-0.39, 0.29) is 5.57 Å². The van der Waals surface area contributed by atoms with Crippen molar-refractivity contribution < 1.29 is 9.53 Å². The highest BCUT2D eigenvalue weighted by Crippen LogP contribution is 2.34. The van der Waals surface area contributed by atoms with Gasteiger partial charge < -0.3 is 10.1 Å². The summed E-state index contributed by atoms with van der Waals surface area (Å²) in [6.45, 7) is 0. The van der Waals surface area contributed by atoms with Crippen LogP contribution in [-0.2, 0) is 4.79 Å². The monoisotopic (exact) mass is 424 g/mol. The van der Waals surface area contributed by atoms with Gasteiger partial charge in [0.15, 0.2) is 0 Å². The smallest absolute Gasteiger partial charge is 0.266 e. The number of nitrogens with zero attached hydrogens (tertiary/aromatic N) is 1. The topological polar surface area (TPSA) is 62.1 Å². The Hall–Kier alpha value is -2.00. The first kappa shape index (κ1) is 18.3. The highest BCUT2D eigenvalue weighted by atomic mass is 79.9. The van der Waals surface area contributed by atoms with Crippen LogP contribution in [0.25, 0.3) is 6.08 Å². The van der Waals surface area contributed by atoms with Crippen molar-refractivity contribution in [3.8, 4) is 11.8 Å². The molecular formula is C17H11BrCl2N2O2. The second-order valence-corrected chi connectivity index (χ2v) is 6.37. The highest BCUT2D eigenvalue weighted by molar-refractivity contribution is 9.10. The second-order valence-electron chi connectivity index (χ2n) is 4.64. The largest absolute Gasteiger partial charge is 0.495 e. The van der Waals surface area contributed by atoms with Crippen molar-refractivity contribution in [2.24, 2.45) is 0 Å². The van der Waals surface area contributed by atoms with Crippen LogP contribution in [0.1, 0.15) is 5.56 Å². The Morgan fingerprint density at radius 3 is 2.50 bits per heavy atom. The Morgan fingerprint density at radius 2 is 1.92 bits per heavy atom. The molecule has 2 rings (SSSR count). The maximum atomic E-state index is 12.3. The molecule has 0 radical (unpaired) electrons. The molecule has 24 heavy (non-hydrogen) atoms. The zero-order valence-electron chi connectivity index (χ0n) is 12.4. The average molecular weight is 426 g/mol. The summed E-state index contributed by atoms with van der Waals surface area (Å²) in [5.74, 6) is -0.0654. The predicted octanol–water partition coefficient (Wildman–Crippen LogP) is 5.31. The molecule has 0 bridgehead atoms. The molecule has 0 unspecified atom stereocenters. The number of rotatable bonds is 4. The van der Waals surface area contributed by atoms with Gasteiger partial charge in [0.25, 0.3) is 5.91 Å². The Balaban J connectivity index is 2.34. The molecule has 1 N–H and O–H groups in total. The van der Waals surface area contributed by atoms with Gasteiger partial charge in [-0.3, -0.25) is 4.79 Å². The molecule has 0 heterocycles. The zero-order chi connectivity index (χ0) is 17.7. The number of halogens is 3. The fraction of sp³-hybridized carbons (Fsp3) is 0.0588. The van der Waals surface area contributed by atoms with Crippen LogP contribution in [0.2, 0.25) is 10.0 Å². The van der Waals surface area contributed by atoms with Crippen LogP contribution in [0.3, 0.4) is 0 Å². The quantitative estimate of drug-likeness (QED) is 0.533. The molecular weight excluding hydrogens is 415 g/mol. The summed E-state index contributed by atoms with van der Waals surface area (Å²) in [4.78, 5) is 12.3. The number of nitriles is 1. The number of anilines is 1. The van der Waals surface area contributed by atoms with E-state index < -0.39 is 5.91 Å². The SMILES string of the molecule is COc1c(Br)cc(Cl)cc1/C=C(\C#N)C(=O)Nc1ccc(Cl)cc1. The van der Waals surface area contributed by atoms with E-state index in [1.165, 1.54) is 13.2 Å². The van der Waals surface area contributed by atoms with Gasteiger partial charge in [-0.05, 0) is 58.4 Å². The first-order valence-electron chi connectivity index (χ1n) is 6.66. The number of nitrogens with one attached hydrogen (secondary N) is 1. The number of amides is 1. The molecule has 0 saturated carbocycles. The van der Waals surface area contributed by atoms with Crippen LogP contribution in [0.15, 0.2) is 46.4 Å². The summed E-state index contributed by atoms with van der Waals surface area (Å²) in [5, 5.41) is 12.9. The maximum absolute atomic E-state index is 12.3. The lowest BCUT2D eigenvalue weighted by atomic mass is 10.1. The third-order valence-electron chi connectivity index (χ3n) is 3.01. The second kappa shape index (κ2) is 8.20. The molecule has 4 nitrogen and oxygen atoms in total. The van der Waals surface area contributed by atoms with Crippen molar-refractivity contribution in [1.29, 1.82) is 5.26 Å². The average Bonchev–Trinajstić information content (AvgIpc) is 2.54. The number of hydrogen-bond donors (Lipinski definition) is 1. The number of carbonyl (C=O) groups excluding carboxylic acids is 1. The first-order chi connectivity index (χ1) is 11.4.